The molecule has 0 aromatic carbocycles. The Morgan fingerprint density at radius 1 is 1.38 bits per heavy atom. The molecule has 1 heterocycles. The Bertz CT molecular complexity index is 164. The van der Waals surface area contributed by atoms with Gasteiger partial charge < -0.3 is 4.74 Å². The van der Waals surface area contributed by atoms with Crippen molar-refractivity contribution in [2.75, 3.05) is 6.61 Å². The van der Waals surface area contributed by atoms with Crippen LogP contribution >= 0.6 is 0 Å². The highest BCUT2D eigenvalue weighted by molar-refractivity contribution is 4.99. The van der Waals surface area contributed by atoms with Crippen molar-refractivity contribution in [2.24, 2.45) is 11.3 Å². The van der Waals surface area contributed by atoms with E-state index in [-0.39, 0.29) is 5.60 Å². The number of hydrogen-bond donors (Lipinski definition) is 0. The van der Waals surface area contributed by atoms with Gasteiger partial charge in [0.1, 0.15) is 0 Å². The fraction of sp³-hybridized carbons (Fsp3) is 1.00. The predicted octanol–water partition coefficient (Wildman–Crippen LogP) is 3.63. The normalized spacial score (nSPS) is 30.0. The van der Waals surface area contributed by atoms with Crippen molar-refractivity contribution in [2.45, 2.75) is 59.5 Å². The van der Waals surface area contributed by atoms with E-state index in [2.05, 4.69) is 34.6 Å². The van der Waals surface area contributed by atoms with E-state index in [0.717, 1.165) is 6.61 Å². The summed E-state index contributed by atoms with van der Waals surface area (Å²) in [6, 6.07) is 0. The fourth-order valence-electron chi connectivity index (χ4n) is 2.73. The second-order valence-electron chi connectivity index (χ2n) is 5.23. The second kappa shape index (κ2) is 3.61. The Kier molecular flexibility index (Phi) is 3.06. The summed E-state index contributed by atoms with van der Waals surface area (Å²) in [5, 5.41) is 0. The van der Waals surface area contributed by atoms with Crippen LogP contribution in [0.25, 0.3) is 0 Å². The molecule has 1 aliphatic rings. The lowest BCUT2D eigenvalue weighted by Crippen LogP contribution is -2.48. The van der Waals surface area contributed by atoms with Crippen LogP contribution in [-0.4, -0.2) is 12.2 Å². The van der Waals surface area contributed by atoms with Crippen molar-refractivity contribution in [1.82, 2.24) is 0 Å². The molecule has 13 heavy (non-hydrogen) atoms. The van der Waals surface area contributed by atoms with E-state index in [1.165, 1.54) is 19.3 Å². The van der Waals surface area contributed by atoms with Gasteiger partial charge in [-0.1, -0.05) is 34.6 Å². The van der Waals surface area contributed by atoms with Gasteiger partial charge in [-0.2, -0.15) is 0 Å². The largest absolute Gasteiger partial charge is 0.374 e. The molecule has 0 radical (unpaired) electrons. The molecule has 0 spiro atoms. The monoisotopic (exact) mass is 184 g/mol. The molecule has 0 aliphatic carbocycles. The predicted molar refractivity (Wildman–Crippen MR) is 56.8 cm³/mol. The van der Waals surface area contributed by atoms with E-state index >= 15 is 0 Å². The average Bonchev–Trinajstić information content (AvgIpc) is 2.53. The zero-order valence-corrected chi connectivity index (χ0v) is 9.81. The quantitative estimate of drug-likeness (QED) is 0.651. The third kappa shape index (κ3) is 1.63. The van der Waals surface area contributed by atoms with Crippen LogP contribution in [0.5, 0.6) is 0 Å². The van der Waals surface area contributed by atoms with Crippen molar-refractivity contribution in [3.63, 3.8) is 0 Å². The summed E-state index contributed by atoms with van der Waals surface area (Å²) in [5.74, 6) is 0.630. The van der Waals surface area contributed by atoms with Crippen LogP contribution in [0.15, 0.2) is 0 Å². The molecule has 1 saturated heterocycles. The van der Waals surface area contributed by atoms with Crippen molar-refractivity contribution < 1.29 is 4.74 Å². The molecule has 0 unspecified atom stereocenters. The molecular formula is C12H24O. The maximum absolute atomic E-state index is 6.06. The third-order valence-corrected chi connectivity index (χ3v) is 4.01. The van der Waals surface area contributed by atoms with Crippen LogP contribution in [0.2, 0.25) is 0 Å². The summed E-state index contributed by atoms with van der Waals surface area (Å²) in [4.78, 5) is 0. The van der Waals surface area contributed by atoms with Crippen molar-refractivity contribution in [3.05, 3.63) is 0 Å². The maximum Gasteiger partial charge on any atom is 0.0756 e. The molecule has 0 bridgehead atoms. The highest BCUT2D eigenvalue weighted by Crippen LogP contribution is 2.48. The van der Waals surface area contributed by atoms with Gasteiger partial charge in [-0.15, -0.1) is 0 Å². The van der Waals surface area contributed by atoms with Gasteiger partial charge in [0.15, 0.2) is 0 Å². The minimum Gasteiger partial charge on any atom is -0.374 e. The van der Waals surface area contributed by atoms with Gasteiger partial charge in [0.05, 0.1) is 5.60 Å². The van der Waals surface area contributed by atoms with Crippen molar-refractivity contribution >= 4 is 0 Å². The molecule has 0 N–H and O–H groups in total. The number of rotatable bonds is 3. The lowest BCUT2D eigenvalue weighted by molar-refractivity contribution is -0.119. The number of ether oxygens (including phenoxy) is 1. The van der Waals surface area contributed by atoms with E-state index < -0.39 is 0 Å². The summed E-state index contributed by atoms with van der Waals surface area (Å²) in [6.45, 7) is 12.5. The molecule has 1 nitrogen and oxygen atoms in total. The smallest absolute Gasteiger partial charge is 0.0756 e. The van der Waals surface area contributed by atoms with E-state index in [0.29, 0.717) is 11.3 Å². The lowest BCUT2D eigenvalue weighted by Gasteiger charge is -2.46. The third-order valence-electron chi connectivity index (χ3n) is 4.01. The standard InChI is InChI=1S/C12H24O/c1-6-11(4,5)12(10(2)3)8-7-9-13-12/h10H,6-9H2,1-5H3/t12-/m0/s1. The molecular weight excluding hydrogens is 160 g/mol. The Morgan fingerprint density at radius 3 is 2.31 bits per heavy atom. The molecule has 1 atom stereocenters. The van der Waals surface area contributed by atoms with E-state index in [1.54, 1.807) is 0 Å². The van der Waals surface area contributed by atoms with Crippen LogP contribution in [0.4, 0.5) is 0 Å². The first-order chi connectivity index (χ1) is 5.96. The SMILES string of the molecule is CCC(C)(C)[C@@]1(C(C)C)CCCO1. The molecule has 1 fully saturated rings. The Hall–Kier alpha value is -0.0400. The second-order valence-corrected chi connectivity index (χ2v) is 5.23. The zero-order chi connectivity index (χ0) is 10.1. The molecule has 0 aromatic heterocycles. The summed E-state index contributed by atoms with van der Waals surface area (Å²) in [7, 11) is 0. The van der Waals surface area contributed by atoms with Gasteiger partial charge in [0.2, 0.25) is 0 Å². The van der Waals surface area contributed by atoms with Crippen LogP contribution < -0.4 is 0 Å². The van der Waals surface area contributed by atoms with Gasteiger partial charge >= 0.3 is 0 Å². The van der Waals surface area contributed by atoms with Gasteiger partial charge in [0, 0.05) is 6.61 Å². The van der Waals surface area contributed by atoms with Crippen LogP contribution in [0, 0.1) is 11.3 Å². The van der Waals surface area contributed by atoms with E-state index in [9.17, 15) is 0 Å². The van der Waals surface area contributed by atoms with E-state index in [1.807, 2.05) is 0 Å². The minimum absolute atomic E-state index is 0.141. The van der Waals surface area contributed by atoms with Crippen LogP contribution in [0.3, 0.4) is 0 Å². The maximum atomic E-state index is 6.06. The Morgan fingerprint density at radius 2 is 2.00 bits per heavy atom. The molecule has 1 heteroatoms. The summed E-state index contributed by atoms with van der Waals surface area (Å²) in [5.41, 5.74) is 0.458. The van der Waals surface area contributed by atoms with Gasteiger partial charge in [-0.3, -0.25) is 0 Å². The van der Waals surface area contributed by atoms with Crippen molar-refractivity contribution in [1.29, 1.82) is 0 Å². The van der Waals surface area contributed by atoms with E-state index in [4.69, 9.17) is 4.74 Å². The molecule has 1 aliphatic heterocycles. The Labute approximate surface area is 82.9 Å². The Balaban J connectivity index is 2.90. The first-order valence-corrected chi connectivity index (χ1v) is 5.60. The molecule has 0 saturated carbocycles. The minimum atomic E-state index is 0.141. The summed E-state index contributed by atoms with van der Waals surface area (Å²) >= 11 is 0. The average molecular weight is 184 g/mol. The van der Waals surface area contributed by atoms with Gasteiger partial charge in [-0.05, 0) is 30.6 Å². The molecule has 0 aromatic rings. The van der Waals surface area contributed by atoms with Crippen LogP contribution in [-0.2, 0) is 4.74 Å². The highest BCUT2D eigenvalue weighted by Gasteiger charge is 2.49. The molecule has 78 valence electrons. The van der Waals surface area contributed by atoms with Gasteiger partial charge in [0.25, 0.3) is 0 Å². The van der Waals surface area contributed by atoms with Crippen LogP contribution in [0.1, 0.15) is 53.9 Å². The highest BCUT2D eigenvalue weighted by atomic mass is 16.5. The topological polar surface area (TPSA) is 9.23 Å². The fourth-order valence-corrected chi connectivity index (χ4v) is 2.73. The summed E-state index contributed by atoms with van der Waals surface area (Å²) < 4.78 is 6.06. The molecule has 1 rings (SSSR count). The summed E-state index contributed by atoms with van der Waals surface area (Å²) in [6.07, 6.45) is 3.68. The number of hydrogen-bond acceptors (Lipinski definition) is 1. The zero-order valence-electron chi connectivity index (χ0n) is 9.81. The molecule has 0 amide bonds. The van der Waals surface area contributed by atoms with Crippen molar-refractivity contribution in [3.8, 4) is 0 Å². The van der Waals surface area contributed by atoms with Gasteiger partial charge in [-0.25, -0.2) is 0 Å². The first-order valence-electron chi connectivity index (χ1n) is 5.60. The lowest BCUT2D eigenvalue weighted by atomic mass is 9.66. The first kappa shape index (κ1) is 11.0.